The number of ether oxygens (including phenoxy) is 1. The van der Waals surface area contributed by atoms with Gasteiger partial charge in [0.05, 0.1) is 5.60 Å². The van der Waals surface area contributed by atoms with Crippen LogP contribution in [0, 0.1) is 17.1 Å². The van der Waals surface area contributed by atoms with Gasteiger partial charge in [-0.1, -0.05) is 6.07 Å². The number of sulfonamides is 1. The Morgan fingerprint density at radius 3 is 2.57 bits per heavy atom. The first-order chi connectivity index (χ1) is 9.57. The van der Waals surface area contributed by atoms with Crippen LogP contribution < -0.4 is 4.72 Å². The Balaban J connectivity index is 2.96. The van der Waals surface area contributed by atoms with E-state index in [2.05, 4.69) is 0 Å². The molecule has 0 radical (unpaired) electrons. The molecule has 0 bridgehead atoms. The Labute approximate surface area is 122 Å². The van der Waals surface area contributed by atoms with Crippen LogP contribution >= 0.6 is 0 Å². The van der Waals surface area contributed by atoms with Crippen molar-refractivity contribution in [2.45, 2.75) is 31.3 Å². The van der Waals surface area contributed by atoms with Gasteiger partial charge in [-0.15, -0.1) is 0 Å². The van der Waals surface area contributed by atoms with Crippen LogP contribution in [0.15, 0.2) is 23.1 Å². The lowest BCUT2D eigenvalue weighted by Crippen LogP contribution is -2.36. The number of halogens is 1. The van der Waals surface area contributed by atoms with Crippen LogP contribution in [0.4, 0.5) is 4.39 Å². The SMILES string of the molecule is CC(C)(C)OCC(=O)NS(=O)(=O)c1cccc(F)c1C#N. The molecule has 0 fully saturated rings. The molecule has 21 heavy (non-hydrogen) atoms. The number of hydrogen-bond donors (Lipinski definition) is 1. The molecule has 114 valence electrons. The predicted octanol–water partition coefficient (Wildman–Crippen LogP) is 1.32. The molecular weight excluding hydrogens is 299 g/mol. The van der Waals surface area contributed by atoms with Crippen LogP contribution in [0.2, 0.25) is 0 Å². The first-order valence-corrected chi connectivity index (χ1v) is 7.43. The van der Waals surface area contributed by atoms with Crippen molar-refractivity contribution in [2.75, 3.05) is 6.61 Å². The average molecular weight is 314 g/mol. The van der Waals surface area contributed by atoms with Crippen LogP contribution in [-0.2, 0) is 19.6 Å². The Morgan fingerprint density at radius 2 is 2.05 bits per heavy atom. The van der Waals surface area contributed by atoms with Crippen molar-refractivity contribution >= 4 is 15.9 Å². The minimum Gasteiger partial charge on any atom is -0.366 e. The number of nitrogens with one attached hydrogen (secondary N) is 1. The molecule has 0 saturated heterocycles. The monoisotopic (exact) mass is 314 g/mol. The third-order valence-corrected chi connectivity index (χ3v) is 3.68. The fourth-order valence-corrected chi connectivity index (χ4v) is 2.49. The van der Waals surface area contributed by atoms with E-state index in [4.69, 9.17) is 10.00 Å². The van der Waals surface area contributed by atoms with Crippen molar-refractivity contribution in [3.8, 4) is 6.07 Å². The quantitative estimate of drug-likeness (QED) is 0.904. The van der Waals surface area contributed by atoms with E-state index in [1.54, 1.807) is 25.5 Å². The third-order valence-electron chi connectivity index (χ3n) is 2.26. The van der Waals surface area contributed by atoms with Gasteiger partial charge in [0, 0.05) is 0 Å². The first kappa shape index (κ1) is 17.1. The summed E-state index contributed by atoms with van der Waals surface area (Å²) in [7, 11) is -4.33. The zero-order chi connectivity index (χ0) is 16.3. The molecule has 8 heteroatoms. The number of amides is 1. The fourth-order valence-electron chi connectivity index (χ4n) is 1.35. The smallest absolute Gasteiger partial charge is 0.265 e. The number of carbonyl (C=O) groups is 1. The highest BCUT2D eigenvalue weighted by Crippen LogP contribution is 2.17. The molecule has 1 amide bonds. The minimum absolute atomic E-state index is 0.472. The molecule has 6 nitrogen and oxygen atoms in total. The van der Waals surface area contributed by atoms with Gasteiger partial charge in [0.15, 0.2) is 0 Å². The number of hydrogen-bond acceptors (Lipinski definition) is 5. The maximum Gasteiger partial charge on any atom is 0.265 e. The highest BCUT2D eigenvalue weighted by atomic mass is 32.2. The summed E-state index contributed by atoms with van der Waals surface area (Å²) in [6.45, 7) is 4.64. The van der Waals surface area contributed by atoms with E-state index < -0.39 is 44.4 Å². The molecule has 0 aliphatic carbocycles. The van der Waals surface area contributed by atoms with Crippen molar-refractivity contribution in [3.05, 3.63) is 29.6 Å². The molecule has 0 aromatic heterocycles. The van der Waals surface area contributed by atoms with E-state index in [1.165, 1.54) is 6.07 Å². The number of nitriles is 1. The highest BCUT2D eigenvalue weighted by molar-refractivity contribution is 7.90. The van der Waals surface area contributed by atoms with Crippen molar-refractivity contribution in [1.82, 2.24) is 4.72 Å². The normalized spacial score (nSPS) is 11.8. The zero-order valence-electron chi connectivity index (χ0n) is 11.8. The molecule has 0 aliphatic rings. The van der Waals surface area contributed by atoms with Crippen LogP contribution in [0.25, 0.3) is 0 Å². The van der Waals surface area contributed by atoms with Gasteiger partial charge >= 0.3 is 0 Å². The van der Waals surface area contributed by atoms with E-state index >= 15 is 0 Å². The molecular formula is C13H15FN2O4S. The van der Waals surface area contributed by atoms with Gasteiger partial charge in [0.2, 0.25) is 0 Å². The summed E-state index contributed by atoms with van der Waals surface area (Å²) in [5.74, 6) is -1.88. The summed E-state index contributed by atoms with van der Waals surface area (Å²) in [6, 6.07) is 4.61. The lowest BCUT2D eigenvalue weighted by Gasteiger charge is -2.19. The molecule has 0 heterocycles. The van der Waals surface area contributed by atoms with Crippen molar-refractivity contribution in [3.63, 3.8) is 0 Å². The topological polar surface area (TPSA) is 96.3 Å². The van der Waals surface area contributed by atoms with Gasteiger partial charge in [-0.05, 0) is 32.9 Å². The van der Waals surface area contributed by atoms with Crippen LogP contribution in [0.3, 0.4) is 0 Å². The second-order valence-electron chi connectivity index (χ2n) is 5.15. The van der Waals surface area contributed by atoms with E-state index in [0.717, 1.165) is 18.2 Å². The molecule has 0 saturated carbocycles. The highest BCUT2D eigenvalue weighted by Gasteiger charge is 2.24. The predicted molar refractivity (Wildman–Crippen MR) is 72.1 cm³/mol. The van der Waals surface area contributed by atoms with Crippen LogP contribution in [0.5, 0.6) is 0 Å². The molecule has 1 aromatic carbocycles. The second-order valence-corrected chi connectivity index (χ2v) is 6.81. The largest absolute Gasteiger partial charge is 0.366 e. The van der Waals surface area contributed by atoms with Crippen LogP contribution in [-0.4, -0.2) is 26.5 Å². The standard InChI is InChI=1S/C13H15FN2O4S/c1-13(2,3)20-8-12(17)16-21(18,19)11-6-4-5-10(14)9(11)7-15/h4-6H,8H2,1-3H3,(H,16,17). The molecule has 0 atom stereocenters. The summed E-state index contributed by atoms with van der Waals surface area (Å²) < 4.78 is 44.3. The van der Waals surface area contributed by atoms with Gasteiger partial charge in [0.25, 0.3) is 15.9 Å². The average Bonchev–Trinajstić information content (AvgIpc) is 2.34. The fraction of sp³-hybridized carbons (Fsp3) is 0.385. The summed E-state index contributed by atoms with van der Waals surface area (Å²) in [5.41, 5.74) is -1.26. The van der Waals surface area contributed by atoms with Crippen molar-refractivity contribution < 1.29 is 22.3 Å². The van der Waals surface area contributed by atoms with E-state index in [9.17, 15) is 17.6 Å². The number of benzene rings is 1. The number of rotatable bonds is 4. The molecule has 0 aliphatic heterocycles. The Bertz CT molecular complexity index is 687. The van der Waals surface area contributed by atoms with E-state index in [1.807, 2.05) is 0 Å². The van der Waals surface area contributed by atoms with Crippen LogP contribution in [0.1, 0.15) is 26.3 Å². The maximum atomic E-state index is 13.4. The second kappa shape index (κ2) is 6.20. The maximum absolute atomic E-state index is 13.4. The summed E-state index contributed by atoms with van der Waals surface area (Å²) in [4.78, 5) is 11.0. The Hall–Kier alpha value is -1.98. The molecule has 1 N–H and O–H groups in total. The van der Waals surface area contributed by atoms with Gasteiger partial charge in [0.1, 0.15) is 29.0 Å². The number of carbonyl (C=O) groups excluding carboxylic acids is 1. The molecule has 1 aromatic rings. The third kappa shape index (κ3) is 4.81. The lowest BCUT2D eigenvalue weighted by atomic mass is 10.2. The van der Waals surface area contributed by atoms with Crippen molar-refractivity contribution in [2.24, 2.45) is 0 Å². The first-order valence-electron chi connectivity index (χ1n) is 5.95. The van der Waals surface area contributed by atoms with Gasteiger partial charge in [-0.2, -0.15) is 5.26 Å². The van der Waals surface area contributed by atoms with Gasteiger partial charge in [-0.3, -0.25) is 4.79 Å². The zero-order valence-corrected chi connectivity index (χ0v) is 12.6. The van der Waals surface area contributed by atoms with Crippen molar-refractivity contribution in [1.29, 1.82) is 5.26 Å². The molecule has 0 spiro atoms. The van der Waals surface area contributed by atoms with E-state index in [-0.39, 0.29) is 0 Å². The van der Waals surface area contributed by atoms with Gasteiger partial charge in [-0.25, -0.2) is 17.5 Å². The summed E-state index contributed by atoms with van der Waals surface area (Å²) in [6.07, 6.45) is 0. The summed E-state index contributed by atoms with van der Waals surface area (Å²) in [5, 5.41) is 8.81. The summed E-state index contributed by atoms with van der Waals surface area (Å²) >= 11 is 0. The molecule has 1 rings (SSSR count). The number of nitrogens with zero attached hydrogens (tertiary/aromatic N) is 1. The lowest BCUT2D eigenvalue weighted by molar-refractivity contribution is -0.128. The minimum atomic E-state index is -4.33. The van der Waals surface area contributed by atoms with E-state index in [0.29, 0.717) is 0 Å². The molecule has 0 unspecified atom stereocenters. The van der Waals surface area contributed by atoms with Gasteiger partial charge < -0.3 is 4.74 Å². The Kier molecular flexibility index (Phi) is 5.04. The Morgan fingerprint density at radius 1 is 1.43 bits per heavy atom.